The fourth-order valence-electron chi connectivity index (χ4n) is 4.43. The Labute approximate surface area is 167 Å². The van der Waals surface area contributed by atoms with Crippen LogP contribution in [0.1, 0.15) is 50.5 Å². The number of hydrogen-bond acceptors (Lipinski definition) is 4. The topological polar surface area (TPSA) is 54.5 Å². The second-order valence-corrected chi connectivity index (χ2v) is 8.41. The zero-order chi connectivity index (χ0) is 19.9. The molecule has 2 atom stereocenters. The number of likely N-dealkylation sites (tertiary alicyclic amines) is 1. The standard InChI is InChI=1S/C23H29N3O2/c1-15(2)28-19-7-5-17(6-8-19)18-13-16(3)24-21(14-18)20-9-10-23(25-20)11-12-26(4)22(23)27/h5-8,13-15,20,25H,9-12H2,1-4H3/t20-,23-/m0/s1. The van der Waals surface area contributed by atoms with Crippen molar-refractivity contribution < 1.29 is 9.53 Å². The maximum absolute atomic E-state index is 12.6. The molecule has 1 aromatic heterocycles. The molecule has 5 heteroatoms. The summed E-state index contributed by atoms with van der Waals surface area (Å²) in [5.74, 6) is 1.11. The Hall–Kier alpha value is -2.40. The van der Waals surface area contributed by atoms with Crippen molar-refractivity contribution >= 4 is 5.91 Å². The third-order valence-electron chi connectivity index (χ3n) is 5.83. The van der Waals surface area contributed by atoms with Gasteiger partial charge in [0.15, 0.2) is 0 Å². The molecule has 0 radical (unpaired) electrons. The Morgan fingerprint density at radius 3 is 2.57 bits per heavy atom. The lowest BCUT2D eigenvalue weighted by molar-refractivity contribution is -0.131. The molecule has 2 aromatic rings. The number of ether oxygens (including phenoxy) is 1. The molecule has 28 heavy (non-hydrogen) atoms. The van der Waals surface area contributed by atoms with Crippen LogP contribution in [-0.4, -0.2) is 41.0 Å². The lowest BCUT2D eigenvalue weighted by Crippen LogP contribution is -2.47. The smallest absolute Gasteiger partial charge is 0.242 e. The van der Waals surface area contributed by atoms with Gasteiger partial charge in [0.25, 0.3) is 0 Å². The van der Waals surface area contributed by atoms with E-state index in [0.717, 1.165) is 54.1 Å². The van der Waals surface area contributed by atoms with Crippen LogP contribution in [0.2, 0.25) is 0 Å². The van der Waals surface area contributed by atoms with Crippen molar-refractivity contribution in [1.29, 1.82) is 0 Å². The zero-order valence-electron chi connectivity index (χ0n) is 17.2. The van der Waals surface area contributed by atoms with Crippen LogP contribution in [-0.2, 0) is 4.79 Å². The monoisotopic (exact) mass is 379 g/mol. The van der Waals surface area contributed by atoms with Gasteiger partial charge in [-0.3, -0.25) is 15.1 Å². The number of nitrogens with zero attached hydrogens (tertiary/aromatic N) is 2. The van der Waals surface area contributed by atoms with Crippen LogP contribution in [0.3, 0.4) is 0 Å². The molecule has 0 aliphatic carbocycles. The van der Waals surface area contributed by atoms with Crippen LogP contribution in [0.5, 0.6) is 5.75 Å². The molecule has 3 heterocycles. The molecule has 0 unspecified atom stereocenters. The van der Waals surface area contributed by atoms with Crippen molar-refractivity contribution in [3.05, 3.63) is 47.8 Å². The normalized spacial score (nSPS) is 24.5. The number of amides is 1. The molecule has 1 amide bonds. The number of aromatic nitrogens is 1. The van der Waals surface area contributed by atoms with Gasteiger partial charge in [0, 0.05) is 19.3 Å². The van der Waals surface area contributed by atoms with E-state index in [1.54, 1.807) is 0 Å². The van der Waals surface area contributed by atoms with Crippen molar-refractivity contribution in [3.63, 3.8) is 0 Å². The fourth-order valence-corrected chi connectivity index (χ4v) is 4.43. The highest BCUT2D eigenvalue weighted by Gasteiger charge is 2.50. The van der Waals surface area contributed by atoms with E-state index in [2.05, 4.69) is 29.6 Å². The van der Waals surface area contributed by atoms with E-state index < -0.39 is 0 Å². The minimum Gasteiger partial charge on any atom is -0.491 e. The summed E-state index contributed by atoms with van der Waals surface area (Å²) in [6.07, 6.45) is 2.87. The van der Waals surface area contributed by atoms with Crippen molar-refractivity contribution in [2.75, 3.05) is 13.6 Å². The van der Waals surface area contributed by atoms with Crippen molar-refractivity contribution in [1.82, 2.24) is 15.2 Å². The first-order valence-corrected chi connectivity index (χ1v) is 10.2. The Bertz CT molecular complexity index is 878. The summed E-state index contributed by atoms with van der Waals surface area (Å²) in [6, 6.07) is 12.6. The number of nitrogens with one attached hydrogen (secondary N) is 1. The Kier molecular flexibility index (Phi) is 4.88. The second kappa shape index (κ2) is 7.21. The molecule has 2 fully saturated rings. The molecule has 5 nitrogen and oxygen atoms in total. The Balaban J connectivity index is 1.57. The summed E-state index contributed by atoms with van der Waals surface area (Å²) in [4.78, 5) is 19.2. The van der Waals surface area contributed by atoms with Gasteiger partial charge in [-0.1, -0.05) is 12.1 Å². The average molecular weight is 380 g/mol. The van der Waals surface area contributed by atoms with Gasteiger partial charge in [-0.2, -0.15) is 0 Å². The van der Waals surface area contributed by atoms with E-state index in [-0.39, 0.29) is 23.6 Å². The van der Waals surface area contributed by atoms with Crippen molar-refractivity contribution in [3.8, 4) is 16.9 Å². The van der Waals surface area contributed by atoms with E-state index in [1.165, 1.54) is 0 Å². The number of benzene rings is 1. The van der Waals surface area contributed by atoms with E-state index in [9.17, 15) is 4.79 Å². The van der Waals surface area contributed by atoms with E-state index in [4.69, 9.17) is 9.72 Å². The number of carbonyl (C=O) groups is 1. The molecule has 2 aliphatic heterocycles. The van der Waals surface area contributed by atoms with E-state index in [1.807, 2.05) is 44.9 Å². The molecule has 0 bridgehead atoms. The van der Waals surface area contributed by atoms with Gasteiger partial charge in [0.1, 0.15) is 11.3 Å². The third-order valence-corrected chi connectivity index (χ3v) is 5.83. The van der Waals surface area contributed by atoms with Gasteiger partial charge in [0.05, 0.1) is 17.8 Å². The quantitative estimate of drug-likeness (QED) is 0.876. The van der Waals surface area contributed by atoms with Crippen molar-refractivity contribution in [2.24, 2.45) is 0 Å². The number of carbonyl (C=O) groups excluding carboxylic acids is 1. The first-order valence-electron chi connectivity index (χ1n) is 10.2. The van der Waals surface area contributed by atoms with Gasteiger partial charge < -0.3 is 9.64 Å². The molecular weight excluding hydrogens is 350 g/mol. The number of hydrogen-bond donors (Lipinski definition) is 1. The van der Waals surface area contributed by atoms with Crippen LogP contribution >= 0.6 is 0 Å². The molecule has 2 aliphatic rings. The van der Waals surface area contributed by atoms with Crippen LogP contribution in [0, 0.1) is 6.92 Å². The molecule has 4 rings (SSSR count). The first-order chi connectivity index (χ1) is 13.4. The van der Waals surface area contributed by atoms with Crippen LogP contribution in [0.4, 0.5) is 0 Å². The zero-order valence-corrected chi connectivity index (χ0v) is 17.2. The Morgan fingerprint density at radius 1 is 1.18 bits per heavy atom. The predicted molar refractivity (Wildman–Crippen MR) is 110 cm³/mol. The molecule has 2 saturated heterocycles. The molecule has 0 saturated carbocycles. The number of aryl methyl sites for hydroxylation is 1. The summed E-state index contributed by atoms with van der Waals surface area (Å²) in [5, 5.41) is 3.63. The maximum Gasteiger partial charge on any atom is 0.242 e. The highest BCUT2D eigenvalue weighted by Crippen LogP contribution is 2.39. The van der Waals surface area contributed by atoms with Crippen LogP contribution < -0.4 is 10.1 Å². The first kappa shape index (κ1) is 18.9. The summed E-state index contributed by atoms with van der Waals surface area (Å²) < 4.78 is 5.75. The summed E-state index contributed by atoms with van der Waals surface area (Å²) in [7, 11) is 1.89. The van der Waals surface area contributed by atoms with Gasteiger partial charge in [-0.15, -0.1) is 0 Å². The number of likely N-dealkylation sites (N-methyl/N-ethyl adjacent to an activating group) is 1. The van der Waals surface area contributed by atoms with Crippen molar-refractivity contribution in [2.45, 2.75) is 57.7 Å². The summed E-state index contributed by atoms with van der Waals surface area (Å²) >= 11 is 0. The van der Waals surface area contributed by atoms with Gasteiger partial charge >= 0.3 is 0 Å². The van der Waals surface area contributed by atoms with Gasteiger partial charge in [0.2, 0.25) is 5.91 Å². The number of pyridine rings is 1. The summed E-state index contributed by atoms with van der Waals surface area (Å²) in [5.41, 5.74) is 3.92. The highest BCUT2D eigenvalue weighted by molar-refractivity contribution is 5.88. The SMILES string of the molecule is Cc1cc(-c2ccc(OC(C)C)cc2)cc([C@@H]2CC[C@@]3(CCN(C)C3=O)N2)n1. The van der Waals surface area contributed by atoms with Crippen LogP contribution in [0.25, 0.3) is 11.1 Å². The summed E-state index contributed by atoms with van der Waals surface area (Å²) in [6.45, 7) is 6.92. The van der Waals surface area contributed by atoms with E-state index >= 15 is 0 Å². The third kappa shape index (κ3) is 3.51. The van der Waals surface area contributed by atoms with Crippen LogP contribution in [0.15, 0.2) is 36.4 Å². The fraction of sp³-hybridized carbons (Fsp3) is 0.478. The molecular formula is C23H29N3O2. The largest absolute Gasteiger partial charge is 0.491 e. The average Bonchev–Trinajstić information content (AvgIpc) is 3.21. The second-order valence-electron chi connectivity index (χ2n) is 8.41. The molecule has 1 spiro atoms. The molecule has 1 aromatic carbocycles. The molecule has 1 N–H and O–H groups in total. The molecule has 148 valence electrons. The Morgan fingerprint density at radius 2 is 1.93 bits per heavy atom. The predicted octanol–water partition coefficient (Wildman–Crippen LogP) is 3.87. The van der Waals surface area contributed by atoms with Gasteiger partial charge in [-0.05, 0) is 75.4 Å². The van der Waals surface area contributed by atoms with E-state index in [0.29, 0.717) is 0 Å². The number of rotatable bonds is 4. The minimum absolute atomic E-state index is 0.123. The van der Waals surface area contributed by atoms with Gasteiger partial charge in [-0.25, -0.2) is 0 Å². The lowest BCUT2D eigenvalue weighted by Gasteiger charge is -2.23. The lowest BCUT2D eigenvalue weighted by atomic mass is 9.96. The minimum atomic E-state index is -0.388. The maximum atomic E-state index is 12.6. The highest BCUT2D eigenvalue weighted by atomic mass is 16.5.